The highest BCUT2D eigenvalue weighted by Crippen LogP contribution is 2.37. The van der Waals surface area contributed by atoms with Crippen molar-refractivity contribution in [3.8, 4) is 17.2 Å². The maximum absolute atomic E-state index is 11.5. The summed E-state index contributed by atoms with van der Waals surface area (Å²) in [5.41, 5.74) is 0.684. The maximum atomic E-state index is 11.5. The van der Waals surface area contributed by atoms with Gasteiger partial charge in [0.25, 0.3) is 0 Å². The molecule has 0 aliphatic carbocycles. The summed E-state index contributed by atoms with van der Waals surface area (Å²) in [5.74, 6) is -2.38. The number of aliphatic imine (C=N–C) groups is 1. The molecule has 1 atom stereocenters. The monoisotopic (exact) mass is 426 g/mol. The average molecular weight is 426 g/mol. The molecule has 0 saturated carbocycles. The van der Waals surface area contributed by atoms with Crippen LogP contribution in [0.4, 0.5) is 0 Å². The summed E-state index contributed by atoms with van der Waals surface area (Å²) in [7, 11) is -4.78. The fraction of sp³-hybridized carbons (Fsp3) is 0.235. The quantitative estimate of drug-likeness (QED) is 0.203. The molecule has 1 aromatic carbocycles. The Balaban J connectivity index is 2.32. The molecule has 2 rings (SSSR count). The number of aryl methyl sites for hydroxylation is 1. The molecule has 0 aliphatic rings. The summed E-state index contributed by atoms with van der Waals surface area (Å²) in [6.07, 6.45) is 2.15. The number of carboxylic acid groups (broad SMARTS) is 1. The van der Waals surface area contributed by atoms with Crippen LogP contribution in [0.15, 0.2) is 29.4 Å². The van der Waals surface area contributed by atoms with Gasteiger partial charge in [0.05, 0.1) is 12.3 Å². The van der Waals surface area contributed by atoms with E-state index in [1.54, 1.807) is 0 Å². The van der Waals surface area contributed by atoms with E-state index in [1.165, 1.54) is 31.3 Å². The van der Waals surface area contributed by atoms with Gasteiger partial charge in [0.1, 0.15) is 5.75 Å². The van der Waals surface area contributed by atoms with E-state index in [2.05, 4.69) is 14.5 Å². The fourth-order valence-corrected chi connectivity index (χ4v) is 2.66. The standard InChI is InChI=1S/C17H19N2O9P/c1-9-16(22)12(11(6-18-9)8-28-29(25,26)27)7-19-13(17(23)24)4-10-2-3-14(20)15(21)5-10/h2-3,5-7,13,20-22H,4,8H2,1H3,(H,23,24)(H2,25,26,27). The second-order valence-electron chi connectivity index (χ2n) is 6.05. The van der Waals surface area contributed by atoms with Crippen molar-refractivity contribution in [1.82, 2.24) is 4.98 Å². The predicted molar refractivity (Wildman–Crippen MR) is 100.0 cm³/mol. The summed E-state index contributed by atoms with van der Waals surface area (Å²) in [5, 5.41) is 38.5. The zero-order valence-corrected chi connectivity index (χ0v) is 16.0. The molecular weight excluding hydrogens is 407 g/mol. The minimum absolute atomic E-state index is 0.00533. The van der Waals surface area contributed by atoms with Crippen molar-refractivity contribution >= 4 is 20.0 Å². The van der Waals surface area contributed by atoms with Crippen LogP contribution in [0, 0.1) is 6.92 Å². The van der Waals surface area contributed by atoms with Crippen LogP contribution in [-0.2, 0) is 26.9 Å². The average Bonchev–Trinajstić information content (AvgIpc) is 2.62. The van der Waals surface area contributed by atoms with Crippen LogP contribution in [-0.4, -0.2) is 53.4 Å². The topological polar surface area (TPSA) is 190 Å². The molecule has 0 radical (unpaired) electrons. The third kappa shape index (κ3) is 6.26. The lowest BCUT2D eigenvalue weighted by atomic mass is 10.1. The van der Waals surface area contributed by atoms with Gasteiger partial charge in [-0.3, -0.25) is 14.5 Å². The Kier molecular flexibility index (Phi) is 6.93. The van der Waals surface area contributed by atoms with E-state index in [-0.39, 0.29) is 34.7 Å². The van der Waals surface area contributed by atoms with Crippen molar-refractivity contribution in [1.29, 1.82) is 0 Å². The predicted octanol–water partition coefficient (Wildman–Crippen LogP) is 1.23. The van der Waals surface area contributed by atoms with Gasteiger partial charge in [-0.1, -0.05) is 6.07 Å². The van der Waals surface area contributed by atoms with Crippen LogP contribution < -0.4 is 0 Å². The van der Waals surface area contributed by atoms with Crippen LogP contribution in [0.5, 0.6) is 17.2 Å². The number of phosphoric acid groups is 1. The molecule has 6 N–H and O–H groups in total. The first-order valence-corrected chi connectivity index (χ1v) is 9.65. The molecule has 1 aromatic heterocycles. The van der Waals surface area contributed by atoms with Gasteiger partial charge in [0, 0.05) is 30.0 Å². The second-order valence-corrected chi connectivity index (χ2v) is 7.29. The number of aromatic hydroxyl groups is 3. The summed E-state index contributed by atoms with van der Waals surface area (Å²) in [4.78, 5) is 37.1. The third-order valence-corrected chi connectivity index (χ3v) is 4.35. The van der Waals surface area contributed by atoms with Gasteiger partial charge < -0.3 is 30.2 Å². The highest BCUT2D eigenvalue weighted by atomic mass is 31.2. The number of phenolic OH excluding ortho intramolecular Hbond substituents is 2. The lowest BCUT2D eigenvalue weighted by molar-refractivity contribution is -0.138. The first-order chi connectivity index (χ1) is 13.5. The number of hydrogen-bond donors (Lipinski definition) is 6. The largest absolute Gasteiger partial charge is 0.505 e. The highest BCUT2D eigenvalue weighted by molar-refractivity contribution is 7.46. The van der Waals surface area contributed by atoms with Gasteiger partial charge in [-0.15, -0.1) is 0 Å². The van der Waals surface area contributed by atoms with Gasteiger partial charge in [-0.2, -0.15) is 0 Å². The van der Waals surface area contributed by atoms with Crippen LogP contribution in [0.25, 0.3) is 0 Å². The Hall–Kier alpha value is -2.98. The molecule has 11 nitrogen and oxygen atoms in total. The molecule has 29 heavy (non-hydrogen) atoms. The molecule has 0 aliphatic heterocycles. The van der Waals surface area contributed by atoms with Gasteiger partial charge in [0.15, 0.2) is 17.5 Å². The van der Waals surface area contributed by atoms with Crippen molar-refractivity contribution in [2.75, 3.05) is 0 Å². The maximum Gasteiger partial charge on any atom is 0.469 e. The van der Waals surface area contributed by atoms with Crippen LogP contribution >= 0.6 is 7.82 Å². The number of phosphoric ester groups is 1. The van der Waals surface area contributed by atoms with Gasteiger partial charge in [0.2, 0.25) is 0 Å². The molecule has 0 fully saturated rings. The Labute approximate surface area is 164 Å². The first-order valence-electron chi connectivity index (χ1n) is 8.12. The summed E-state index contributed by atoms with van der Waals surface area (Å²) in [6.45, 7) is 0.893. The Bertz CT molecular complexity index is 987. The number of carbonyl (C=O) groups is 1. The van der Waals surface area contributed by atoms with E-state index in [0.29, 0.717) is 5.56 Å². The number of benzene rings is 1. The fourth-order valence-electron chi connectivity index (χ4n) is 2.35. The number of aliphatic carboxylic acids is 1. The SMILES string of the molecule is Cc1ncc(COP(=O)(O)O)c(C=NC(Cc2ccc(O)c(O)c2)C(=O)O)c1O. The number of pyridine rings is 1. The molecule has 0 saturated heterocycles. The van der Waals surface area contributed by atoms with E-state index in [1.807, 2.05) is 0 Å². The van der Waals surface area contributed by atoms with Crippen molar-refractivity contribution in [3.05, 3.63) is 46.8 Å². The van der Waals surface area contributed by atoms with E-state index in [4.69, 9.17) is 9.79 Å². The minimum atomic E-state index is -4.78. The molecule has 1 unspecified atom stereocenters. The lowest BCUT2D eigenvalue weighted by Crippen LogP contribution is -2.21. The van der Waals surface area contributed by atoms with Crippen LogP contribution in [0.3, 0.4) is 0 Å². The van der Waals surface area contributed by atoms with Gasteiger partial charge >= 0.3 is 13.8 Å². The Morgan fingerprint density at radius 2 is 1.97 bits per heavy atom. The van der Waals surface area contributed by atoms with Gasteiger partial charge in [-0.05, 0) is 24.6 Å². The molecule has 156 valence electrons. The van der Waals surface area contributed by atoms with Crippen LogP contribution in [0.2, 0.25) is 0 Å². The summed E-state index contributed by atoms with van der Waals surface area (Å²) < 4.78 is 15.3. The normalized spacial score (nSPS) is 12.9. The van der Waals surface area contributed by atoms with Crippen LogP contribution in [0.1, 0.15) is 22.4 Å². The number of nitrogens with zero attached hydrogens (tertiary/aromatic N) is 2. The molecule has 0 spiro atoms. The van der Waals surface area contributed by atoms with Crippen molar-refractivity contribution < 1.29 is 44.1 Å². The molecule has 1 heterocycles. The number of carboxylic acids is 1. The lowest BCUT2D eigenvalue weighted by Gasteiger charge is -2.12. The number of phenols is 2. The van der Waals surface area contributed by atoms with Gasteiger partial charge in [-0.25, -0.2) is 9.36 Å². The molecule has 12 heteroatoms. The number of aromatic nitrogens is 1. The number of hydrogen-bond acceptors (Lipinski definition) is 8. The Morgan fingerprint density at radius 3 is 2.55 bits per heavy atom. The highest BCUT2D eigenvalue weighted by Gasteiger charge is 2.20. The molecular formula is C17H19N2O9P. The van der Waals surface area contributed by atoms with E-state index >= 15 is 0 Å². The molecule has 0 bridgehead atoms. The Morgan fingerprint density at radius 1 is 1.28 bits per heavy atom. The zero-order valence-electron chi connectivity index (χ0n) is 15.1. The van der Waals surface area contributed by atoms with E-state index in [0.717, 1.165) is 6.21 Å². The minimum Gasteiger partial charge on any atom is -0.505 e. The third-order valence-electron chi connectivity index (χ3n) is 3.88. The van der Waals surface area contributed by atoms with E-state index < -0.39 is 32.2 Å². The zero-order chi connectivity index (χ0) is 21.8. The number of rotatable bonds is 8. The van der Waals surface area contributed by atoms with Crippen molar-refractivity contribution in [3.63, 3.8) is 0 Å². The second kappa shape index (κ2) is 9.01. The van der Waals surface area contributed by atoms with E-state index in [9.17, 15) is 29.8 Å². The smallest absolute Gasteiger partial charge is 0.469 e. The molecule has 0 amide bonds. The first kappa shape index (κ1) is 22.3. The van der Waals surface area contributed by atoms with Crippen molar-refractivity contribution in [2.24, 2.45) is 4.99 Å². The molecule has 2 aromatic rings. The summed E-state index contributed by atoms with van der Waals surface area (Å²) in [6, 6.07) is 2.53. The summed E-state index contributed by atoms with van der Waals surface area (Å²) >= 11 is 0. The van der Waals surface area contributed by atoms with Crippen molar-refractivity contribution in [2.45, 2.75) is 26.0 Å².